The van der Waals surface area contributed by atoms with Crippen molar-refractivity contribution in [3.05, 3.63) is 89.8 Å². The molecule has 0 aromatic heterocycles. The summed E-state index contributed by atoms with van der Waals surface area (Å²) in [4.78, 5) is 17.7. The molecule has 182 valence electrons. The van der Waals surface area contributed by atoms with Crippen molar-refractivity contribution >= 4 is 11.7 Å². The summed E-state index contributed by atoms with van der Waals surface area (Å²) in [5.41, 5.74) is 9.27. The molecule has 0 bridgehead atoms. The first-order valence-corrected chi connectivity index (χ1v) is 10.8. The summed E-state index contributed by atoms with van der Waals surface area (Å²) in [5, 5.41) is 0. The van der Waals surface area contributed by atoms with Crippen molar-refractivity contribution < 1.29 is 36.9 Å². The second kappa shape index (κ2) is 9.34. The largest absolute Gasteiger partial charge is 0.497 e. The van der Waals surface area contributed by atoms with Crippen LogP contribution >= 0.6 is 0 Å². The number of ether oxygens (including phenoxy) is 2. The van der Waals surface area contributed by atoms with Gasteiger partial charge < -0.3 is 20.0 Å². The predicted molar refractivity (Wildman–Crippen MR) is 124 cm³/mol. The van der Waals surface area contributed by atoms with Crippen LogP contribution in [0.15, 0.2) is 78.7 Å². The van der Waals surface area contributed by atoms with E-state index in [1.54, 1.807) is 31.4 Å². The standard InChI is InChI=1S/C26H24F3N2O4/c1-31(14-13-17-7-5-8-18(15-17)19-9-6-10-20(16-19)33-2)24(34-25(32)26(27,28)29)23(30)21-11-3-4-12-22(21)35-31/h3-12,15-16H,13-14,30H2,1-2H3/q+1. The van der Waals surface area contributed by atoms with Crippen LogP contribution in [0.4, 0.5) is 13.2 Å². The summed E-state index contributed by atoms with van der Waals surface area (Å²) in [6, 6.07) is 22.0. The summed E-state index contributed by atoms with van der Waals surface area (Å²) in [5.74, 6) is -1.66. The van der Waals surface area contributed by atoms with Crippen LogP contribution in [0.2, 0.25) is 0 Å². The Morgan fingerprint density at radius 2 is 1.69 bits per heavy atom. The molecule has 9 heteroatoms. The number of fused-ring (bicyclic) bond motifs is 1. The molecule has 1 unspecified atom stereocenters. The Hall–Kier alpha value is -3.98. The Labute approximate surface area is 200 Å². The van der Waals surface area contributed by atoms with Gasteiger partial charge in [-0.15, -0.1) is 0 Å². The van der Waals surface area contributed by atoms with Gasteiger partial charge in [-0.05, 0) is 41.0 Å². The minimum atomic E-state index is -5.18. The summed E-state index contributed by atoms with van der Waals surface area (Å²) in [6.07, 6.45) is -4.78. The molecule has 0 saturated heterocycles. The van der Waals surface area contributed by atoms with Crippen molar-refractivity contribution in [3.8, 4) is 22.6 Å². The number of carbonyl (C=O) groups is 1. The maximum atomic E-state index is 13.0. The third-order valence-electron chi connectivity index (χ3n) is 5.72. The zero-order valence-corrected chi connectivity index (χ0v) is 19.1. The molecule has 1 heterocycles. The molecule has 0 amide bonds. The number of halogens is 3. The average molecular weight is 485 g/mol. The molecule has 0 radical (unpaired) electrons. The summed E-state index contributed by atoms with van der Waals surface area (Å²) < 4.78 is 48.5. The summed E-state index contributed by atoms with van der Waals surface area (Å²) in [6.45, 7) is 0.150. The van der Waals surface area contributed by atoms with Crippen LogP contribution in [-0.2, 0) is 16.0 Å². The fourth-order valence-electron chi connectivity index (χ4n) is 3.89. The van der Waals surface area contributed by atoms with E-state index >= 15 is 0 Å². The molecule has 0 aliphatic carbocycles. The lowest BCUT2D eigenvalue weighted by Gasteiger charge is -2.36. The summed E-state index contributed by atoms with van der Waals surface area (Å²) in [7, 11) is 3.10. The lowest BCUT2D eigenvalue weighted by Crippen LogP contribution is -2.52. The van der Waals surface area contributed by atoms with E-state index in [1.807, 2.05) is 48.5 Å². The molecule has 0 spiro atoms. The van der Waals surface area contributed by atoms with Gasteiger partial charge in [0.15, 0.2) is 0 Å². The van der Waals surface area contributed by atoms with Gasteiger partial charge in [0.05, 0.1) is 12.7 Å². The Balaban J connectivity index is 1.63. The lowest BCUT2D eigenvalue weighted by molar-refractivity contribution is -1.04. The number of hydrogen-bond acceptors (Lipinski definition) is 5. The number of alkyl halides is 3. The lowest BCUT2D eigenvalue weighted by atomic mass is 10.0. The minimum absolute atomic E-state index is 0.0860. The predicted octanol–water partition coefficient (Wildman–Crippen LogP) is 5.05. The van der Waals surface area contributed by atoms with Crippen LogP contribution < -0.4 is 15.3 Å². The zero-order valence-electron chi connectivity index (χ0n) is 19.1. The van der Waals surface area contributed by atoms with E-state index in [2.05, 4.69) is 0 Å². The molecule has 6 nitrogen and oxygen atoms in total. The average Bonchev–Trinajstić information content (AvgIpc) is 2.85. The quantitative estimate of drug-likeness (QED) is 0.391. The monoisotopic (exact) mass is 485 g/mol. The number of benzene rings is 3. The van der Waals surface area contributed by atoms with E-state index in [1.165, 1.54) is 7.05 Å². The number of methoxy groups -OCH3 is 1. The first-order chi connectivity index (χ1) is 16.6. The summed E-state index contributed by atoms with van der Waals surface area (Å²) >= 11 is 0. The molecular weight excluding hydrogens is 461 g/mol. The number of quaternary nitrogens is 1. The highest BCUT2D eigenvalue weighted by Gasteiger charge is 2.49. The van der Waals surface area contributed by atoms with Crippen LogP contribution in [0.1, 0.15) is 11.1 Å². The second-order valence-corrected chi connectivity index (χ2v) is 8.20. The Morgan fingerprint density at radius 1 is 1.00 bits per heavy atom. The van der Waals surface area contributed by atoms with Gasteiger partial charge in [-0.2, -0.15) is 13.2 Å². The highest BCUT2D eigenvalue weighted by Crippen LogP contribution is 2.38. The van der Waals surface area contributed by atoms with E-state index in [0.29, 0.717) is 17.7 Å². The van der Waals surface area contributed by atoms with Crippen LogP contribution in [0.5, 0.6) is 11.5 Å². The Kier molecular flexibility index (Phi) is 6.45. The number of nitrogens with zero attached hydrogens (tertiary/aromatic N) is 1. The number of carbonyl (C=O) groups excluding carboxylic acids is 1. The van der Waals surface area contributed by atoms with Crippen molar-refractivity contribution in [2.24, 2.45) is 5.73 Å². The van der Waals surface area contributed by atoms with Gasteiger partial charge in [0.2, 0.25) is 5.75 Å². The third kappa shape index (κ3) is 5.09. The maximum absolute atomic E-state index is 13.0. The van der Waals surface area contributed by atoms with Gasteiger partial charge >= 0.3 is 18.0 Å². The number of hydrogen-bond donors (Lipinski definition) is 1. The molecule has 4 rings (SSSR count). The number of rotatable bonds is 6. The fraction of sp³-hybridized carbons (Fsp3) is 0.192. The second-order valence-electron chi connectivity index (χ2n) is 8.20. The first-order valence-electron chi connectivity index (χ1n) is 10.8. The number of esters is 1. The molecule has 1 atom stereocenters. The molecule has 3 aromatic rings. The zero-order chi connectivity index (χ0) is 25.2. The van der Waals surface area contributed by atoms with Crippen molar-refractivity contribution in [1.82, 2.24) is 0 Å². The first kappa shape index (κ1) is 24.2. The molecule has 0 saturated carbocycles. The number of para-hydroxylation sites is 1. The molecule has 35 heavy (non-hydrogen) atoms. The normalized spacial score (nSPS) is 17.4. The van der Waals surface area contributed by atoms with Gasteiger partial charge in [0.25, 0.3) is 0 Å². The van der Waals surface area contributed by atoms with Crippen LogP contribution in [0.25, 0.3) is 16.8 Å². The molecule has 0 fully saturated rings. The Bertz CT molecular complexity index is 1290. The minimum Gasteiger partial charge on any atom is -0.497 e. The highest BCUT2D eigenvalue weighted by molar-refractivity contribution is 5.79. The van der Waals surface area contributed by atoms with Crippen LogP contribution in [0, 0.1) is 0 Å². The van der Waals surface area contributed by atoms with E-state index in [9.17, 15) is 18.0 Å². The van der Waals surface area contributed by atoms with E-state index in [-0.39, 0.29) is 12.2 Å². The molecular formula is C26H24F3N2O4+. The number of nitrogens with two attached hydrogens (primary N) is 1. The van der Waals surface area contributed by atoms with E-state index in [4.69, 9.17) is 20.0 Å². The van der Waals surface area contributed by atoms with Crippen molar-refractivity contribution in [2.75, 3.05) is 20.7 Å². The smallest absolute Gasteiger partial charge is 0.491 e. The fourth-order valence-corrected chi connectivity index (χ4v) is 3.89. The van der Waals surface area contributed by atoms with E-state index in [0.717, 1.165) is 22.4 Å². The van der Waals surface area contributed by atoms with Crippen molar-refractivity contribution in [2.45, 2.75) is 12.6 Å². The van der Waals surface area contributed by atoms with Crippen LogP contribution in [0.3, 0.4) is 0 Å². The maximum Gasteiger partial charge on any atom is 0.491 e. The topological polar surface area (TPSA) is 70.8 Å². The van der Waals surface area contributed by atoms with Crippen molar-refractivity contribution in [1.29, 1.82) is 0 Å². The number of hydroxylamine groups is 3. The third-order valence-corrected chi connectivity index (χ3v) is 5.72. The highest BCUT2D eigenvalue weighted by atomic mass is 19.4. The van der Waals surface area contributed by atoms with Crippen LogP contribution in [-0.4, -0.2) is 37.5 Å². The van der Waals surface area contributed by atoms with E-state index < -0.39 is 22.7 Å². The van der Waals surface area contributed by atoms with Gasteiger partial charge in [-0.1, -0.05) is 53.2 Å². The molecule has 1 aliphatic rings. The van der Waals surface area contributed by atoms with Crippen molar-refractivity contribution in [3.63, 3.8) is 0 Å². The van der Waals surface area contributed by atoms with Gasteiger partial charge in [0.1, 0.15) is 25.0 Å². The SMILES string of the molecule is COc1cccc(-c2cccc(CC[N+]3(C)Oc4ccccc4C(N)=C3OC(=O)C(F)(F)F)c2)c1. The van der Waals surface area contributed by atoms with Gasteiger partial charge in [0, 0.05) is 6.42 Å². The van der Waals surface area contributed by atoms with Gasteiger partial charge in [-0.25, -0.2) is 4.79 Å². The number of likely N-dealkylation sites (N-methyl/N-ethyl adjacent to an activating group) is 1. The molecule has 3 aromatic carbocycles. The molecule has 1 aliphatic heterocycles. The van der Waals surface area contributed by atoms with Gasteiger partial charge in [-0.3, -0.25) is 0 Å². The molecule has 2 N–H and O–H groups in total. The Morgan fingerprint density at radius 3 is 2.40 bits per heavy atom.